The summed E-state index contributed by atoms with van der Waals surface area (Å²) in [5.74, 6) is 0.659. The number of rotatable bonds is 3. The number of benzene rings is 1. The average Bonchev–Trinajstić information content (AvgIpc) is 3.27. The SMILES string of the molecule is CC(c1ccc2nccnc2c1)N1C[C@H](C)N(c2nc(=O)n(C)c3c[nH]nc23)C[C@H]1C. The van der Waals surface area contributed by atoms with Crippen LogP contribution >= 0.6 is 0 Å². The van der Waals surface area contributed by atoms with Crippen molar-refractivity contribution in [1.29, 1.82) is 0 Å². The highest BCUT2D eigenvalue weighted by Crippen LogP contribution is 2.31. The molecular weight excluding hydrogens is 392 g/mol. The highest BCUT2D eigenvalue weighted by molar-refractivity contribution is 5.85. The Labute approximate surface area is 179 Å². The molecule has 0 saturated carbocycles. The summed E-state index contributed by atoms with van der Waals surface area (Å²) in [6.07, 6.45) is 5.19. The third kappa shape index (κ3) is 3.25. The normalized spacial score (nSPS) is 21.1. The third-order valence-electron chi connectivity index (χ3n) is 6.46. The molecule has 1 saturated heterocycles. The van der Waals surface area contributed by atoms with E-state index in [4.69, 9.17) is 0 Å². The zero-order valence-electron chi connectivity index (χ0n) is 18.1. The zero-order chi connectivity index (χ0) is 21.7. The highest BCUT2D eigenvalue weighted by atomic mass is 16.1. The lowest BCUT2D eigenvalue weighted by molar-refractivity contribution is 0.119. The van der Waals surface area contributed by atoms with Crippen molar-refractivity contribution in [2.24, 2.45) is 7.05 Å². The van der Waals surface area contributed by atoms with Crippen LogP contribution in [0.3, 0.4) is 0 Å². The van der Waals surface area contributed by atoms with Crippen molar-refractivity contribution in [1.82, 2.24) is 34.6 Å². The Morgan fingerprint density at radius 2 is 1.87 bits per heavy atom. The lowest BCUT2D eigenvalue weighted by atomic mass is 10.00. The average molecular weight is 419 g/mol. The maximum absolute atomic E-state index is 12.4. The molecule has 9 heteroatoms. The molecule has 0 spiro atoms. The third-order valence-corrected chi connectivity index (χ3v) is 6.46. The van der Waals surface area contributed by atoms with Crippen LogP contribution in [0.1, 0.15) is 32.4 Å². The Morgan fingerprint density at radius 3 is 2.68 bits per heavy atom. The second-order valence-corrected chi connectivity index (χ2v) is 8.42. The highest BCUT2D eigenvalue weighted by Gasteiger charge is 2.34. The molecule has 5 rings (SSSR count). The molecule has 1 aliphatic heterocycles. The lowest BCUT2D eigenvalue weighted by Gasteiger charge is -2.47. The first kappa shape index (κ1) is 19.6. The van der Waals surface area contributed by atoms with Crippen LogP contribution in [-0.2, 0) is 7.05 Å². The van der Waals surface area contributed by atoms with E-state index < -0.39 is 0 Å². The molecule has 1 N–H and O–H groups in total. The van der Waals surface area contributed by atoms with Gasteiger partial charge in [-0.3, -0.25) is 24.5 Å². The zero-order valence-corrected chi connectivity index (χ0v) is 18.1. The second kappa shape index (κ2) is 7.42. The van der Waals surface area contributed by atoms with E-state index in [1.165, 1.54) is 10.1 Å². The van der Waals surface area contributed by atoms with E-state index in [-0.39, 0.29) is 23.8 Å². The minimum absolute atomic E-state index is 0.179. The van der Waals surface area contributed by atoms with Crippen molar-refractivity contribution < 1.29 is 0 Å². The van der Waals surface area contributed by atoms with E-state index in [2.05, 4.69) is 67.9 Å². The number of H-pyrrole nitrogens is 1. The number of hydrogen-bond acceptors (Lipinski definition) is 7. The number of aryl methyl sites for hydroxylation is 1. The minimum atomic E-state index is -0.267. The van der Waals surface area contributed by atoms with E-state index in [1.807, 2.05) is 6.07 Å². The first-order valence-corrected chi connectivity index (χ1v) is 10.6. The number of nitrogens with zero attached hydrogens (tertiary/aromatic N) is 7. The van der Waals surface area contributed by atoms with Crippen LogP contribution in [0.4, 0.5) is 5.82 Å². The van der Waals surface area contributed by atoms with Gasteiger partial charge in [-0.25, -0.2) is 4.79 Å². The van der Waals surface area contributed by atoms with Crippen LogP contribution in [0, 0.1) is 0 Å². The second-order valence-electron chi connectivity index (χ2n) is 8.42. The molecule has 0 radical (unpaired) electrons. The summed E-state index contributed by atoms with van der Waals surface area (Å²) in [4.78, 5) is 30.3. The van der Waals surface area contributed by atoms with Crippen molar-refractivity contribution in [2.75, 3.05) is 18.0 Å². The van der Waals surface area contributed by atoms with Crippen LogP contribution < -0.4 is 10.6 Å². The van der Waals surface area contributed by atoms with Gasteiger partial charge in [-0.2, -0.15) is 10.1 Å². The van der Waals surface area contributed by atoms with Crippen molar-refractivity contribution in [3.8, 4) is 0 Å². The molecular formula is C22H26N8O. The van der Waals surface area contributed by atoms with E-state index in [9.17, 15) is 4.79 Å². The number of anilines is 1. The first-order valence-electron chi connectivity index (χ1n) is 10.6. The van der Waals surface area contributed by atoms with Gasteiger partial charge in [0.15, 0.2) is 11.3 Å². The van der Waals surface area contributed by atoms with Crippen molar-refractivity contribution in [3.05, 3.63) is 52.8 Å². The summed E-state index contributed by atoms with van der Waals surface area (Å²) >= 11 is 0. The molecule has 1 aromatic carbocycles. The van der Waals surface area contributed by atoms with Crippen LogP contribution in [0.25, 0.3) is 22.1 Å². The van der Waals surface area contributed by atoms with Crippen LogP contribution in [0.5, 0.6) is 0 Å². The fourth-order valence-corrected chi connectivity index (χ4v) is 4.65. The van der Waals surface area contributed by atoms with Gasteiger partial charge in [0.2, 0.25) is 0 Å². The van der Waals surface area contributed by atoms with Gasteiger partial charge in [-0.1, -0.05) is 6.07 Å². The number of fused-ring (bicyclic) bond motifs is 2. The van der Waals surface area contributed by atoms with Crippen LogP contribution in [0.15, 0.2) is 41.6 Å². The maximum Gasteiger partial charge on any atom is 0.349 e. The summed E-state index contributed by atoms with van der Waals surface area (Å²) < 4.78 is 1.53. The number of aromatic amines is 1. The Kier molecular flexibility index (Phi) is 4.70. The minimum Gasteiger partial charge on any atom is -0.349 e. The summed E-state index contributed by atoms with van der Waals surface area (Å²) in [5, 5.41) is 7.25. The molecule has 9 nitrogen and oxygen atoms in total. The lowest BCUT2D eigenvalue weighted by Crippen LogP contribution is -2.57. The van der Waals surface area contributed by atoms with Crippen LogP contribution in [-0.4, -0.2) is 59.8 Å². The van der Waals surface area contributed by atoms with Gasteiger partial charge in [0.25, 0.3) is 0 Å². The number of hydrogen-bond donors (Lipinski definition) is 1. The van der Waals surface area contributed by atoms with Crippen molar-refractivity contribution in [2.45, 2.75) is 38.9 Å². The quantitative estimate of drug-likeness (QED) is 0.545. The molecule has 0 bridgehead atoms. The molecule has 0 amide bonds. The van der Waals surface area contributed by atoms with E-state index in [0.29, 0.717) is 5.82 Å². The predicted molar refractivity (Wildman–Crippen MR) is 120 cm³/mol. The molecule has 1 aliphatic rings. The summed E-state index contributed by atoms with van der Waals surface area (Å²) in [6.45, 7) is 8.25. The van der Waals surface area contributed by atoms with Gasteiger partial charge in [0.05, 0.1) is 16.6 Å². The molecule has 3 atom stereocenters. The van der Waals surface area contributed by atoms with E-state index >= 15 is 0 Å². The molecule has 4 aromatic rings. The number of aromatic nitrogens is 6. The Hall–Kier alpha value is -3.33. The fourth-order valence-electron chi connectivity index (χ4n) is 4.65. The molecule has 31 heavy (non-hydrogen) atoms. The maximum atomic E-state index is 12.4. The number of nitrogens with one attached hydrogen (secondary N) is 1. The van der Waals surface area contributed by atoms with Gasteiger partial charge in [0.1, 0.15) is 0 Å². The van der Waals surface area contributed by atoms with Gasteiger partial charge in [0, 0.05) is 56.9 Å². The van der Waals surface area contributed by atoms with Gasteiger partial charge in [-0.05, 0) is 38.5 Å². The number of piperazine rings is 1. The Morgan fingerprint density at radius 1 is 1.10 bits per heavy atom. The topological polar surface area (TPSA) is 95.8 Å². The van der Waals surface area contributed by atoms with E-state index in [0.717, 1.165) is 35.2 Å². The molecule has 1 fully saturated rings. The smallest absolute Gasteiger partial charge is 0.349 e. The summed E-state index contributed by atoms with van der Waals surface area (Å²) in [5.41, 5.74) is 4.28. The fraction of sp³-hybridized carbons (Fsp3) is 0.409. The Balaban J connectivity index is 1.44. The molecule has 0 aliphatic carbocycles. The van der Waals surface area contributed by atoms with Gasteiger partial charge < -0.3 is 4.90 Å². The summed E-state index contributed by atoms with van der Waals surface area (Å²) in [6, 6.07) is 6.99. The van der Waals surface area contributed by atoms with Crippen molar-refractivity contribution >= 4 is 27.9 Å². The molecule has 3 aromatic heterocycles. The molecule has 160 valence electrons. The van der Waals surface area contributed by atoms with Gasteiger partial charge >= 0.3 is 5.69 Å². The standard InChI is InChI=1S/C22H26N8O/c1-13-12-30(21-20-19(10-25-27-20)28(4)22(31)26-21)14(2)11-29(13)15(3)16-5-6-17-18(9-16)24-8-7-23-17/h5-10,13-15H,11-12H2,1-4H3,(H,25,27)/t13-,14+,15?/m1/s1. The summed E-state index contributed by atoms with van der Waals surface area (Å²) in [7, 11) is 1.72. The predicted octanol–water partition coefficient (Wildman–Crippen LogP) is 2.26. The first-order chi connectivity index (χ1) is 14.9. The Bertz CT molecular complexity index is 1310. The van der Waals surface area contributed by atoms with E-state index in [1.54, 1.807) is 25.6 Å². The largest absolute Gasteiger partial charge is 0.349 e. The van der Waals surface area contributed by atoms with Crippen LogP contribution in [0.2, 0.25) is 0 Å². The monoisotopic (exact) mass is 418 g/mol. The van der Waals surface area contributed by atoms with Crippen molar-refractivity contribution in [3.63, 3.8) is 0 Å². The molecule has 4 heterocycles. The van der Waals surface area contributed by atoms with Gasteiger partial charge in [-0.15, -0.1) is 0 Å². The molecule has 1 unspecified atom stereocenters.